The monoisotopic (exact) mass is 326 g/mol. The zero-order valence-electron chi connectivity index (χ0n) is 12.4. The molecule has 0 bridgehead atoms. The van der Waals surface area contributed by atoms with Gasteiger partial charge in [-0.25, -0.2) is 0 Å². The summed E-state index contributed by atoms with van der Waals surface area (Å²) in [6.07, 6.45) is -4.37. The van der Waals surface area contributed by atoms with Crippen molar-refractivity contribution in [1.29, 1.82) is 0 Å². The molecule has 0 N–H and O–H groups in total. The quantitative estimate of drug-likeness (QED) is 0.791. The molecule has 2 rings (SSSR count). The summed E-state index contributed by atoms with van der Waals surface area (Å²) in [7, 11) is -1.24. The Labute approximate surface area is 130 Å². The average Bonchev–Trinajstić information content (AvgIpc) is 2.42. The first-order valence-corrected chi connectivity index (χ1v) is 8.32. The molecular weight excluding hydrogens is 309 g/mol. The first-order chi connectivity index (χ1) is 10.3. The maximum Gasteiger partial charge on any atom is 0.416 e. The summed E-state index contributed by atoms with van der Waals surface area (Å²) in [5.74, 6) is 0.473. The number of hydrogen-bond donors (Lipinski definition) is 0. The molecule has 0 aliphatic heterocycles. The molecule has 0 radical (unpaired) electrons. The van der Waals surface area contributed by atoms with Crippen LogP contribution in [0.1, 0.15) is 27.8 Å². The third-order valence-electron chi connectivity index (χ3n) is 3.40. The highest BCUT2D eigenvalue weighted by Gasteiger charge is 2.30. The van der Waals surface area contributed by atoms with Crippen molar-refractivity contribution in [2.75, 3.05) is 0 Å². The van der Waals surface area contributed by atoms with Gasteiger partial charge in [-0.1, -0.05) is 42.0 Å². The summed E-state index contributed by atoms with van der Waals surface area (Å²) in [5.41, 5.74) is 2.84. The smallest absolute Gasteiger partial charge is 0.259 e. The minimum atomic E-state index is -4.37. The highest BCUT2D eigenvalue weighted by atomic mass is 32.2. The third-order valence-corrected chi connectivity index (χ3v) is 4.69. The van der Waals surface area contributed by atoms with E-state index in [1.54, 1.807) is 6.07 Å². The molecule has 1 nitrogen and oxygen atoms in total. The second kappa shape index (κ2) is 6.65. The van der Waals surface area contributed by atoms with E-state index in [-0.39, 0.29) is 5.75 Å². The van der Waals surface area contributed by atoms with Crippen LogP contribution in [0.4, 0.5) is 13.2 Å². The molecule has 0 aliphatic carbocycles. The number of aryl methyl sites for hydroxylation is 2. The van der Waals surface area contributed by atoms with Gasteiger partial charge < -0.3 is 0 Å². The van der Waals surface area contributed by atoms with Crippen LogP contribution in [0.5, 0.6) is 0 Å². The highest BCUT2D eigenvalue weighted by molar-refractivity contribution is 7.83. The number of benzene rings is 2. The maximum atomic E-state index is 12.7. The van der Waals surface area contributed by atoms with E-state index in [1.165, 1.54) is 6.07 Å². The Morgan fingerprint density at radius 1 is 1.00 bits per heavy atom. The van der Waals surface area contributed by atoms with Gasteiger partial charge in [0.15, 0.2) is 0 Å². The Kier molecular flexibility index (Phi) is 5.06. The summed E-state index contributed by atoms with van der Waals surface area (Å²) in [6.45, 7) is 3.90. The topological polar surface area (TPSA) is 17.1 Å². The molecule has 0 saturated heterocycles. The minimum absolute atomic E-state index is 0.122. The second-order valence-electron chi connectivity index (χ2n) is 5.36. The molecule has 118 valence electrons. The number of halogens is 3. The first-order valence-electron chi connectivity index (χ1n) is 6.83. The van der Waals surface area contributed by atoms with E-state index >= 15 is 0 Å². The van der Waals surface area contributed by atoms with Crippen LogP contribution in [-0.4, -0.2) is 4.21 Å². The lowest BCUT2D eigenvalue weighted by Gasteiger charge is -2.10. The fraction of sp³-hybridized carbons (Fsp3) is 0.294. The van der Waals surface area contributed by atoms with Crippen molar-refractivity contribution >= 4 is 10.8 Å². The van der Waals surface area contributed by atoms with Gasteiger partial charge in [-0.15, -0.1) is 0 Å². The molecule has 0 aliphatic rings. The summed E-state index contributed by atoms with van der Waals surface area (Å²) in [4.78, 5) is 0. The zero-order valence-corrected chi connectivity index (χ0v) is 13.2. The molecule has 0 fully saturated rings. The predicted molar refractivity (Wildman–Crippen MR) is 82.9 cm³/mol. The van der Waals surface area contributed by atoms with Gasteiger partial charge in [-0.3, -0.25) is 4.21 Å². The molecule has 22 heavy (non-hydrogen) atoms. The molecule has 1 atom stereocenters. The predicted octanol–water partition coefficient (Wildman–Crippen LogP) is 4.77. The molecule has 0 heterocycles. The van der Waals surface area contributed by atoms with Crippen molar-refractivity contribution in [2.45, 2.75) is 31.5 Å². The van der Waals surface area contributed by atoms with E-state index in [4.69, 9.17) is 0 Å². The Bertz CT molecular complexity index is 693. The Hall–Kier alpha value is -1.62. The molecule has 0 amide bonds. The van der Waals surface area contributed by atoms with E-state index in [0.717, 1.165) is 28.8 Å². The van der Waals surface area contributed by atoms with Crippen molar-refractivity contribution in [3.63, 3.8) is 0 Å². The van der Waals surface area contributed by atoms with Gasteiger partial charge in [0.05, 0.1) is 5.56 Å². The van der Waals surface area contributed by atoms with Crippen molar-refractivity contribution in [3.8, 4) is 0 Å². The Balaban J connectivity index is 2.11. The second-order valence-corrected chi connectivity index (χ2v) is 6.81. The van der Waals surface area contributed by atoms with Crippen molar-refractivity contribution in [2.24, 2.45) is 0 Å². The summed E-state index contributed by atoms with van der Waals surface area (Å²) in [5, 5.41) is 0. The van der Waals surface area contributed by atoms with Crippen LogP contribution in [0.15, 0.2) is 42.5 Å². The minimum Gasteiger partial charge on any atom is -0.259 e. The van der Waals surface area contributed by atoms with Crippen LogP contribution < -0.4 is 0 Å². The van der Waals surface area contributed by atoms with Crippen molar-refractivity contribution in [3.05, 3.63) is 70.3 Å². The van der Waals surface area contributed by atoms with Crippen LogP contribution in [0.2, 0.25) is 0 Å². The maximum absolute atomic E-state index is 12.7. The molecule has 5 heteroatoms. The molecular formula is C17H17F3OS. The molecule has 2 aromatic carbocycles. The van der Waals surface area contributed by atoms with Gasteiger partial charge >= 0.3 is 6.18 Å². The van der Waals surface area contributed by atoms with Gasteiger partial charge in [0, 0.05) is 22.3 Å². The highest BCUT2D eigenvalue weighted by Crippen LogP contribution is 2.29. The number of alkyl halides is 3. The van der Waals surface area contributed by atoms with Gasteiger partial charge in [-0.2, -0.15) is 13.2 Å². The van der Waals surface area contributed by atoms with E-state index < -0.39 is 22.5 Å². The standard InChI is InChI=1S/C17H17F3OS/c1-12-6-7-13(2)15(8-12)11-22(21)10-14-4-3-5-16(9-14)17(18,19)20/h3-9H,10-11H2,1-2H3/t22-/m0/s1. The lowest BCUT2D eigenvalue weighted by Crippen LogP contribution is -2.07. The Morgan fingerprint density at radius 3 is 2.41 bits per heavy atom. The van der Waals surface area contributed by atoms with E-state index in [2.05, 4.69) is 0 Å². The van der Waals surface area contributed by atoms with Crippen LogP contribution in [0.3, 0.4) is 0 Å². The van der Waals surface area contributed by atoms with E-state index in [9.17, 15) is 17.4 Å². The Morgan fingerprint density at radius 2 is 1.73 bits per heavy atom. The van der Waals surface area contributed by atoms with Gasteiger partial charge in [0.25, 0.3) is 0 Å². The number of rotatable bonds is 4. The molecule has 0 spiro atoms. The fourth-order valence-corrected chi connectivity index (χ4v) is 3.51. The average molecular weight is 326 g/mol. The van der Waals surface area contributed by atoms with E-state index in [1.807, 2.05) is 32.0 Å². The molecule has 2 aromatic rings. The summed E-state index contributed by atoms with van der Waals surface area (Å²) < 4.78 is 50.3. The molecule has 0 unspecified atom stereocenters. The van der Waals surface area contributed by atoms with Crippen LogP contribution in [0.25, 0.3) is 0 Å². The summed E-state index contributed by atoms with van der Waals surface area (Å²) in [6, 6.07) is 10.9. The van der Waals surface area contributed by atoms with Gasteiger partial charge in [0.1, 0.15) is 0 Å². The third kappa shape index (κ3) is 4.44. The van der Waals surface area contributed by atoms with Crippen LogP contribution in [-0.2, 0) is 28.5 Å². The SMILES string of the molecule is Cc1ccc(C)c(C[S@@](=O)Cc2cccc(C(F)(F)F)c2)c1. The normalized spacial score (nSPS) is 13.1. The fourth-order valence-electron chi connectivity index (χ4n) is 2.20. The first kappa shape index (κ1) is 16.7. The number of hydrogen-bond acceptors (Lipinski definition) is 1. The largest absolute Gasteiger partial charge is 0.416 e. The molecule has 0 aromatic heterocycles. The lowest BCUT2D eigenvalue weighted by molar-refractivity contribution is -0.137. The van der Waals surface area contributed by atoms with Gasteiger partial charge in [-0.05, 0) is 36.6 Å². The summed E-state index contributed by atoms with van der Waals surface area (Å²) >= 11 is 0. The van der Waals surface area contributed by atoms with Crippen molar-refractivity contribution < 1.29 is 17.4 Å². The van der Waals surface area contributed by atoms with Crippen LogP contribution in [0, 0.1) is 13.8 Å². The zero-order chi connectivity index (χ0) is 16.3. The molecule has 0 saturated carbocycles. The van der Waals surface area contributed by atoms with Crippen LogP contribution >= 0.6 is 0 Å². The van der Waals surface area contributed by atoms with E-state index in [0.29, 0.717) is 11.3 Å². The van der Waals surface area contributed by atoms with Crippen molar-refractivity contribution in [1.82, 2.24) is 0 Å². The lowest BCUT2D eigenvalue weighted by atomic mass is 10.1. The van der Waals surface area contributed by atoms with Gasteiger partial charge in [0.2, 0.25) is 0 Å².